The molecule has 0 spiro atoms. The van der Waals surface area contributed by atoms with Crippen LogP contribution in [0.2, 0.25) is 0 Å². The van der Waals surface area contributed by atoms with Gasteiger partial charge in [0.25, 0.3) is 0 Å². The number of para-hydroxylation sites is 1. The van der Waals surface area contributed by atoms with E-state index in [9.17, 15) is 4.79 Å². The number of ether oxygens (including phenoxy) is 3. The van der Waals surface area contributed by atoms with Crippen molar-refractivity contribution in [3.8, 4) is 11.4 Å². The SMILES string of the molecule is COCC(COC)n1ncc2c(N3CC4CCC(C3)O4)nc(-c3ccc(NC(=O)Nc4ccccc4)cc3)nc21. The summed E-state index contributed by atoms with van der Waals surface area (Å²) in [5.41, 5.74) is 2.94. The second-order valence-electron chi connectivity index (χ2n) is 10.1. The number of carbonyl (C=O) groups is 1. The van der Waals surface area contributed by atoms with Crippen LogP contribution in [0.1, 0.15) is 18.9 Å². The molecule has 11 nitrogen and oxygen atoms in total. The summed E-state index contributed by atoms with van der Waals surface area (Å²) >= 11 is 0. The lowest BCUT2D eigenvalue weighted by Crippen LogP contribution is -2.43. The fourth-order valence-electron chi connectivity index (χ4n) is 5.43. The van der Waals surface area contributed by atoms with Gasteiger partial charge in [0.2, 0.25) is 0 Å². The molecule has 2 amide bonds. The van der Waals surface area contributed by atoms with Gasteiger partial charge in [0.15, 0.2) is 11.5 Å². The van der Waals surface area contributed by atoms with E-state index in [-0.39, 0.29) is 24.3 Å². The zero-order valence-electron chi connectivity index (χ0n) is 22.6. The smallest absolute Gasteiger partial charge is 0.323 e. The summed E-state index contributed by atoms with van der Waals surface area (Å²) in [6, 6.07) is 16.4. The van der Waals surface area contributed by atoms with Crippen LogP contribution in [0.3, 0.4) is 0 Å². The zero-order valence-corrected chi connectivity index (χ0v) is 22.6. The fourth-order valence-corrected chi connectivity index (χ4v) is 5.43. The van der Waals surface area contributed by atoms with Crippen LogP contribution in [0.15, 0.2) is 60.8 Å². The molecule has 2 atom stereocenters. The molecule has 2 aliphatic rings. The standard InChI is InChI=1S/C29H33N7O4/c1-38-17-22(18-39-2)36-28-25(14-30-36)27(35-15-23-12-13-24(16-35)40-23)33-26(34-28)19-8-10-21(11-9-19)32-29(37)31-20-6-4-3-5-7-20/h3-11,14,22-24H,12-13,15-18H2,1-2H3,(H2,31,32,37). The molecular formula is C29H33N7O4. The number of urea groups is 1. The average Bonchev–Trinajstić information content (AvgIpc) is 3.55. The van der Waals surface area contributed by atoms with Gasteiger partial charge in [0, 0.05) is 44.2 Å². The van der Waals surface area contributed by atoms with Crippen LogP contribution in [-0.2, 0) is 14.2 Å². The van der Waals surface area contributed by atoms with E-state index >= 15 is 0 Å². The number of fused-ring (bicyclic) bond motifs is 3. The maximum absolute atomic E-state index is 12.4. The Morgan fingerprint density at radius 1 is 0.950 bits per heavy atom. The van der Waals surface area contributed by atoms with Crippen LogP contribution >= 0.6 is 0 Å². The highest BCUT2D eigenvalue weighted by atomic mass is 16.5. The highest BCUT2D eigenvalue weighted by Crippen LogP contribution is 2.34. The molecule has 11 heteroatoms. The number of aromatic nitrogens is 4. The van der Waals surface area contributed by atoms with E-state index in [2.05, 4.69) is 15.5 Å². The molecule has 2 bridgehead atoms. The summed E-state index contributed by atoms with van der Waals surface area (Å²) in [4.78, 5) is 24.8. The summed E-state index contributed by atoms with van der Waals surface area (Å²) in [7, 11) is 3.33. The highest BCUT2D eigenvalue weighted by Gasteiger charge is 2.35. The van der Waals surface area contributed by atoms with Crippen molar-refractivity contribution in [2.45, 2.75) is 31.1 Å². The van der Waals surface area contributed by atoms with Crippen molar-refractivity contribution in [1.82, 2.24) is 19.7 Å². The first kappa shape index (κ1) is 26.2. The van der Waals surface area contributed by atoms with E-state index in [0.717, 1.165) is 54.0 Å². The van der Waals surface area contributed by atoms with E-state index in [4.69, 9.17) is 29.3 Å². The Morgan fingerprint density at radius 3 is 2.25 bits per heavy atom. The zero-order chi connectivity index (χ0) is 27.5. The maximum Gasteiger partial charge on any atom is 0.323 e. The van der Waals surface area contributed by atoms with Gasteiger partial charge in [-0.2, -0.15) is 5.10 Å². The van der Waals surface area contributed by atoms with Crippen molar-refractivity contribution < 1.29 is 19.0 Å². The summed E-state index contributed by atoms with van der Waals surface area (Å²) in [5.74, 6) is 1.43. The lowest BCUT2D eigenvalue weighted by molar-refractivity contribution is 0.0303. The number of nitrogens with one attached hydrogen (secondary N) is 2. The largest absolute Gasteiger partial charge is 0.382 e. The van der Waals surface area contributed by atoms with Gasteiger partial charge in [-0.3, -0.25) is 0 Å². The van der Waals surface area contributed by atoms with Gasteiger partial charge in [-0.1, -0.05) is 18.2 Å². The van der Waals surface area contributed by atoms with Gasteiger partial charge in [-0.05, 0) is 49.2 Å². The monoisotopic (exact) mass is 543 g/mol. The van der Waals surface area contributed by atoms with Crippen molar-refractivity contribution in [3.63, 3.8) is 0 Å². The van der Waals surface area contributed by atoms with E-state index in [1.165, 1.54) is 0 Å². The van der Waals surface area contributed by atoms with Gasteiger partial charge >= 0.3 is 6.03 Å². The molecule has 0 aliphatic carbocycles. The summed E-state index contributed by atoms with van der Waals surface area (Å²) < 4.78 is 18.9. The summed E-state index contributed by atoms with van der Waals surface area (Å²) in [6.07, 6.45) is 4.39. The Bertz CT molecular complexity index is 1440. The Morgan fingerprint density at radius 2 is 1.60 bits per heavy atom. The Balaban J connectivity index is 1.32. The van der Waals surface area contributed by atoms with Crippen molar-refractivity contribution >= 4 is 34.3 Å². The number of benzene rings is 2. The molecule has 0 saturated carbocycles. The number of carbonyl (C=O) groups excluding carboxylic acids is 1. The van der Waals surface area contributed by atoms with Crippen LogP contribution in [0.4, 0.5) is 22.0 Å². The lowest BCUT2D eigenvalue weighted by Gasteiger charge is -2.33. The molecule has 6 rings (SSSR count). The molecule has 4 aromatic rings. The molecule has 4 heterocycles. The van der Waals surface area contributed by atoms with Crippen LogP contribution < -0.4 is 15.5 Å². The first-order valence-corrected chi connectivity index (χ1v) is 13.5. The molecule has 2 aromatic carbocycles. The van der Waals surface area contributed by atoms with E-state index in [0.29, 0.717) is 24.7 Å². The molecular weight excluding hydrogens is 510 g/mol. The molecule has 2 saturated heterocycles. The number of rotatable bonds is 9. The van der Waals surface area contributed by atoms with E-state index < -0.39 is 0 Å². The third-order valence-electron chi connectivity index (χ3n) is 7.27. The number of amides is 2. The minimum Gasteiger partial charge on any atom is -0.382 e. The first-order chi connectivity index (χ1) is 19.6. The van der Waals surface area contributed by atoms with E-state index in [1.807, 2.05) is 65.5 Å². The number of methoxy groups -OCH3 is 2. The molecule has 2 unspecified atom stereocenters. The number of nitrogens with zero attached hydrogens (tertiary/aromatic N) is 5. The minimum atomic E-state index is -0.313. The van der Waals surface area contributed by atoms with Crippen LogP contribution in [-0.4, -0.2) is 78.5 Å². The maximum atomic E-state index is 12.4. The van der Waals surface area contributed by atoms with Crippen molar-refractivity contribution in [2.75, 3.05) is 56.1 Å². The van der Waals surface area contributed by atoms with E-state index in [1.54, 1.807) is 14.2 Å². The molecule has 2 aliphatic heterocycles. The first-order valence-electron chi connectivity index (χ1n) is 13.5. The quantitative estimate of drug-likeness (QED) is 0.320. The Labute approximate surface area is 232 Å². The second kappa shape index (κ2) is 11.6. The average molecular weight is 544 g/mol. The van der Waals surface area contributed by atoms with Gasteiger partial charge in [-0.25, -0.2) is 19.4 Å². The molecule has 2 aromatic heterocycles. The molecule has 2 fully saturated rings. The predicted molar refractivity (Wildman–Crippen MR) is 153 cm³/mol. The van der Waals surface area contributed by atoms with Gasteiger partial charge in [0.1, 0.15) is 11.9 Å². The summed E-state index contributed by atoms with van der Waals surface area (Å²) in [5, 5.41) is 11.3. The Hall–Kier alpha value is -4.06. The normalized spacial score (nSPS) is 18.4. The number of morpholine rings is 1. The van der Waals surface area contributed by atoms with Crippen molar-refractivity contribution in [2.24, 2.45) is 0 Å². The van der Waals surface area contributed by atoms with Crippen LogP contribution in [0.5, 0.6) is 0 Å². The summed E-state index contributed by atoms with van der Waals surface area (Å²) in [6.45, 7) is 2.44. The third kappa shape index (κ3) is 5.48. The molecule has 208 valence electrons. The lowest BCUT2D eigenvalue weighted by atomic mass is 10.2. The molecule has 0 radical (unpaired) electrons. The number of hydrogen-bond acceptors (Lipinski definition) is 8. The second-order valence-corrected chi connectivity index (χ2v) is 10.1. The molecule has 2 N–H and O–H groups in total. The number of anilines is 3. The Kier molecular flexibility index (Phi) is 7.58. The van der Waals surface area contributed by atoms with Crippen LogP contribution in [0, 0.1) is 0 Å². The minimum absolute atomic E-state index is 0.140. The highest BCUT2D eigenvalue weighted by molar-refractivity contribution is 5.99. The fraction of sp³-hybridized carbons (Fsp3) is 0.379. The number of hydrogen-bond donors (Lipinski definition) is 2. The van der Waals surface area contributed by atoms with Crippen molar-refractivity contribution in [3.05, 3.63) is 60.8 Å². The topological polar surface area (TPSA) is 116 Å². The van der Waals surface area contributed by atoms with Gasteiger partial charge in [0.05, 0.1) is 37.0 Å². The predicted octanol–water partition coefficient (Wildman–Crippen LogP) is 4.34. The molecule has 40 heavy (non-hydrogen) atoms. The van der Waals surface area contributed by atoms with Crippen molar-refractivity contribution in [1.29, 1.82) is 0 Å². The van der Waals surface area contributed by atoms with Gasteiger partial charge < -0.3 is 29.7 Å². The van der Waals surface area contributed by atoms with Gasteiger partial charge in [-0.15, -0.1) is 0 Å². The third-order valence-corrected chi connectivity index (χ3v) is 7.27. The van der Waals surface area contributed by atoms with Crippen LogP contribution in [0.25, 0.3) is 22.4 Å².